The zero-order valence-electron chi connectivity index (χ0n) is 7.52. The van der Waals surface area contributed by atoms with Gasteiger partial charge in [-0.2, -0.15) is 0 Å². The molecule has 2 rings (SSSR count). The number of aryl methyl sites for hydroxylation is 2. The first-order valence-electron chi connectivity index (χ1n) is 3.92. The third-order valence-electron chi connectivity index (χ3n) is 2.06. The second-order valence-corrected chi connectivity index (χ2v) is 3.77. The van der Waals surface area contributed by atoms with Crippen LogP contribution in [0, 0.1) is 0 Å². The van der Waals surface area contributed by atoms with Crippen LogP contribution in [0.15, 0.2) is 11.2 Å². The topological polar surface area (TPSA) is 57.9 Å². The van der Waals surface area contributed by atoms with Gasteiger partial charge in [0.1, 0.15) is 10.9 Å². The second kappa shape index (κ2) is 4.70. The van der Waals surface area contributed by atoms with Crippen molar-refractivity contribution in [1.29, 1.82) is 0 Å². The minimum Gasteiger partial charge on any atom is -0.767 e. The first-order valence-corrected chi connectivity index (χ1v) is 5.00. The average Bonchev–Trinajstić information content (AvgIpc) is 2.46. The molecule has 2 heterocycles. The molecule has 0 aromatic carbocycles. The van der Waals surface area contributed by atoms with Crippen LogP contribution in [0.2, 0.25) is 0 Å². The summed E-state index contributed by atoms with van der Waals surface area (Å²) in [6, 6.07) is 0. The Morgan fingerprint density at radius 3 is 2.92 bits per heavy atom. The largest absolute Gasteiger partial charge is 1.00 e. The molecule has 1 aliphatic heterocycles. The first kappa shape index (κ1) is 11.4. The van der Waals surface area contributed by atoms with Gasteiger partial charge in [-0.3, -0.25) is 4.21 Å². The summed E-state index contributed by atoms with van der Waals surface area (Å²) in [4.78, 5) is 4.00. The van der Waals surface area contributed by atoms with Gasteiger partial charge < -0.3 is 9.12 Å². The maximum atomic E-state index is 10.5. The summed E-state index contributed by atoms with van der Waals surface area (Å²) in [6.07, 6.45) is 4.74. The van der Waals surface area contributed by atoms with E-state index < -0.39 is 11.1 Å². The Morgan fingerprint density at radius 1 is 1.54 bits per heavy atom. The van der Waals surface area contributed by atoms with Gasteiger partial charge in [0.15, 0.2) is 0 Å². The Morgan fingerprint density at radius 2 is 2.31 bits per heavy atom. The molecule has 0 fully saturated rings. The molecule has 0 N–H and O–H groups in total. The molecule has 0 amide bonds. The molecule has 0 saturated carbocycles. The minimum atomic E-state index is -2.18. The van der Waals surface area contributed by atoms with Crippen molar-refractivity contribution >= 4 is 11.1 Å². The number of aromatic nitrogens is 2. The first-order chi connectivity index (χ1) is 5.77. The Hall–Kier alpha value is 0.320. The van der Waals surface area contributed by atoms with Crippen molar-refractivity contribution in [2.24, 2.45) is 0 Å². The van der Waals surface area contributed by atoms with Gasteiger partial charge in [0.2, 0.25) is 0 Å². The van der Waals surface area contributed by atoms with Gasteiger partial charge >= 0.3 is 29.6 Å². The van der Waals surface area contributed by atoms with Crippen LogP contribution in [0.5, 0.6) is 0 Å². The van der Waals surface area contributed by atoms with Crippen molar-refractivity contribution in [2.75, 3.05) is 0 Å². The van der Waals surface area contributed by atoms with Crippen LogP contribution in [0.4, 0.5) is 0 Å². The SMILES string of the molecule is O=S([O-])c1cn2c(n1)CCCC2.[Na+]. The van der Waals surface area contributed by atoms with E-state index in [2.05, 4.69) is 4.98 Å². The van der Waals surface area contributed by atoms with Crippen molar-refractivity contribution in [3.8, 4) is 0 Å². The van der Waals surface area contributed by atoms with Gasteiger partial charge in [-0.05, 0) is 23.9 Å². The minimum absolute atomic E-state index is 0. The molecule has 1 unspecified atom stereocenters. The Balaban J connectivity index is 0.000000845. The Labute approximate surface area is 101 Å². The van der Waals surface area contributed by atoms with E-state index >= 15 is 0 Å². The normalized spacial score (nSPS) is 17.3. The van der Waals surface area contributed by atoms with Crippen LogP contribution < -0.4 is 29.6 Å². The molecular formula is C7H9N2NaO2S. The maximum absolute atomic E-state index is 10.5. The van der Waals surface area contributed by atoms with Crippen molar-refractivity contribution in [3.05, 3.63) is 12.0 Å². The molecule has 0 bridgehead atoms. The molecule has 1 aromatic rings. The van der Waals surface area contributed by atoms with Gasteiger partial charge in [-0.1, -0.05) is 0 Å². The van der Waals surface area contributed by atoms with E-state index in [4.69, 9.17) is 0 Å². The van der Waals surface area contributed by atoms with E-state index in [1.54, 1.807) is 6.20 Å². The van der Waals surface area contributed by atoms with Gasteiger partial charge in [-0.15, -0.1) is 0 Å². The molecule has 1 aliphatic rings. The molecule has 66 valence electrons. The van der Waals surface area contributed by atoms with Crippen LogP contribution in [-0.2, 0) is 24.0 Å². The fraction of sp³-hybridized carbons (Fsp3) is 0.571. The number of rotatable bonds is 1. The van der Waals surface area contributed by atoms with E-state index in [1.165, 1.54) is 0 Å². The van der Waals surface area contributed by atoms with E-state index in [9.17, 15) is 8.76 Å². The quantitative estimate of drug-likeness (QED) is 0.377. The number of fused-ring (bicyclic) bond motifs is 1. The molecule has 0 radical (unpaired) electrons. The fourth-order valence-electron chi connectivity index (χ4n) is 1.47. The van der Waals surface area contributed by atoms with Crippen LogP contribution in [0.25, 0.3) is 0 Å². The van der Waals surface area contributed by atoms with Crippen molar-refractivity contribution < 1.29 is 38.3 Å². The van der Waals surface area contributed by atoms with Crippen molar-refractivity contribution in [1.82, 2.24) is 9.55 Å². The van der Waals surface area contributed by atoms with E-state index in [1.807, 2.05) is 4.57 Å². The standard InChI is InChI=1S/C7H10N2O2S.Na/c10-12(11)7-5-9-4-2-1-3-6(9)8-7;/h5H,1-4H2,(H,10,11);/q;+1/p-1. The van der Waals surface area contributed by atoms with Crippen LogP contribution in [0.3, 0.4) is 0 Å². The van der Waals surface area contributed by atoms with E-state index in [-0.39, 0.29) is 34.6 Å². The van der Waals surface area contributed by atoms with Crippen LogP contribution in [-0.4, -0.2) is 18.3 Å². The molecule has 13 heavy (non-hydrogen) atoms. The summed E-state index contributed by atoms with van der Waals surface area (Å²) in [5.41, 5.74) is 0. The summed E-state index contributed by atoms with van der Waals surface area (Å²) in [7, 11) is 0. The number of nitrogens with zero attached hydrogens (tertiary/aromatic N) is 2. The van der Waals surface area contributed by atoms with Crippen molar-refractivity contribution in [3.63, 3.8) is 0 Å². The predicted octanol–water partition coefficient (Wildman–Crippen LogP) is -2.54. The molecule has 1 aromatic heterocycles. The Bertz CT molecular complexity index is 303. The molecule has 1 atom stereocenters. The number of hydrogen-bond donors (Lipinski definition) is 0. The summed E-state index contributed by atoms with van der Waals surface area (Å²) >= 11 is -2.18. The third-order valence-corrected chi connectivity index (χ3v) is 2.60. The average molecular weight is 208 g/mol. The van der Waals surface area contributed by atoms with Gasteiger partial charge in [0, 0.05) is 19.2 Å². The Kier molecular flexibility index (Phi) is 4.12. The molecule has 4 nitrogen and oxygen atoms in total. The van der Waals surface area contributed by atoms with Crippen LogP contribution >= 0.6 is 0 Å². The van der Waals surface area contributed by atoms with Gasteiger partial charge in [-0.25, -0.2) is 4.98 Å². The summed E-state index contributed by atoms with van der Waals surface area (Å²) in [6.45, 7) is 0.902. The maximum Gasteiger partial charge on any atom is 1.00 e. The molecule has 0 aliphatic carbocycles. The smallest absolute Gasteiger partial charge is 0.767 e. The zero-order chi connectivity index (χ0) is 8.55. The zero-order valence-corrected chi connectivity index (χ0v) is 10.3. The number of imidazole rings is 1. The monoisotopic (exact) mass is 208 g/mol. The molecule has 0 spiro atoms. The van der Waals surface area contributed by atoms with E-state index in [0.29, 0.717) is 0 Å². The predicted molar refractivity (Wildman–Crippen MR) is 42.4 cm³/mol. The fourth-order valence-corrected chi connectivity index (χ4v) is 1.86. The second-order valence-electron chi connectivity index (χ2n) is 2.88. The third kappa shape index (κ3) is 2.41. The summed E-state index contributed by atoms with van der Waals surface area (Å²) in [5.74, 6) is 0.903. The summed E-state index contributed by atoms with van der Waals surface area (Å²) < 4.78 is 23.0. The number of hydrogen-bond acceptors (Lipinski definition) is 3. The molecular weight excluding hydrogens is 199 g/mol. The van der Waals surface area contributed by atoms with Crippen LogP contribution in [0.1, 0.15) is 18.7 Å². The molecule has 0 saturated heterocycles. The summed E-state index contributed by atoms with van der Waals surface area (Å²) in [5, 5.41) is 0.173. The van der Waals surface area contributed by atoms with Crippen molar-refractivity contribution in [2.45, 2.75) is 30.8 Å². The van der Waals surface area contributed by atoms with E-state index in [0.717, 1.165) is 31.6 Å². The van der Waals surface area contributed by atoms with Gasteiger partial charge in [0.25, 0.3) is 0 Å². The van der Waals surface area contributed by atoms with Gasteiger partial charge in [0.05, 0.1) is 0 Å². The molecule has 6 heteroatoms.